The molecule has 0 radical (unpaired) electrons. The Hall–Kier alpha value is -1.36. The molecular formula is C15H11Cl2FN2S. The SMILES string of the molecule is Fc1ccccc1CCn1c(=S)[nH]c2cc(Cl)c(Cl)cc21. The Morgan fingerprint density at radius 1 is 1.14 bits per heavy atom. The van der Waals surface area contributed by atoms with E-state index in [0.29, 0.717) is 33.3 Å². The van der Waals surface area contributed by atoms with E-state index in [4.69, 9.17) is 35.4 Å². The number of H-pyrrole nitrogens is 1. The summed E-state index contributed by atoms with van der Waals surface area (Å²) in [5.74, 6) is -0.204. The molecule has 0 aliphatic rings. The highest BCUT2D eigenvalue weighted by Crippen LogP contribution is 2.27. The van der Waals surface area contributed by atoms with Crippen LogP contribution >= 0.6 is 35.4 Å². The number of aromatic nitrogens is 2. The van der Waals surface area contributed by atoms with Gasteiger partial charge in [-0.15, -0.1) is 0 Å². The lowest BCUT2D eigenvalue weighted by Gasteiger charge is -2.06. The number of aryl methyl sites for hydroxylation is 2. The Balaban J connectivity index is 1.97. The van der Waals surface area contributed by atoms with Gasteiger partial charge in [0.2, 0.25) is 0 Å². The molecule has 0 amide bonds. The average Bonchev–Trinajstić information content (AvgIpc) is 2.74. The minimum Gasteiger partial charge on any atom is -0.331 e. The normalized spacial score (nSPS) is 11.2. The predicted molar refractivity (Wildman–Crippen MR) is 87.2 cm³/mol. The molecule has 0 saturated carbocycles. The van der Waals surface area contributed by atoms with Gasteiger partial charge >= 0.3 is 0 Å². The second-order valence-corrected chi connectivity index (χ2v) is 5.91. The number of hydrogen-bond acceptors (Lipinski definition) is 1. The van der Waals surface area contributed by atoms with Crippen LogP contribution in [0.3, 0.4) is 0 Å². The van der Waals surface area contributed by atoms with Gasteiger partial charge in [0.1, 0.15) is 5.82 Å². The summed E-state index contributed by atoms with van der Waals surface area (Å²) in [6.45, 7) is 0.567. The number of imidazole rings is 1. The van der Waals surface area contributed by atoms with Crippen molar-refractivity contribution >= 4 is 46.5 Å². The van der Waals surface area contributed by atoms with Crippen molar-refractivity contribution in [1.82, 2.24) is 9.55 Å². The van der Waals surface area contributed by atoms with Crippen molar-refractivity contribution in [2.24, 2.45) is 0 Å². The molecule has 3 rings (SSSR count). The molecule has 0 bridgehead atoms. The topological polar surface area (TPSA) is 20.7 Å². The van der Waals surface area contributed by atoms with Crippen LogP contribution in [0.15, 0.2) is 36.4 Å². The van der Waals surface area contributed by atoms with Gasteiger partial charge in [0.15, 0.2) is 4.77 Å². The van der Waals surface area contributed by atoms with E-state index in [1.807, 2.05) is 10.6 Å². The van der Waals surface area contributed by atoms with Crippen molar-refractivity contribution in [1.29, 1.82) is 0 Å². The van der Waals surface area contributed by atoms with Crippen LogP contribution in [0.5, 0.6) is 0 Å². The molecule has 0 aliphatic heterocycles. The standard InChI is InChI=1S/C15H11Cl2FN2S/c16-10-7-13-14(8-11(10)17)20(15(21)19-13)6-5-9-3-1-2-4-12(9)18/h1-4,7-8H,5-6H2,(H,19,21). The van der Waals surface area contributed by atoms with E-state index in [1.165, 1.54) is 6.07 Å². The second kappa shape index (κ2) is 5.79. The van der Waals surface area contributed by atoms with Crippen molar-refractivity contribution in [2.75, 3.05) is 0 Å². The molecule has 0 aliphatic carbocycles. The maximum atomic E-state index is 13.7. The number of benzene rings is 2. The van der Waals surface area contributed by atoms with Gasteiger partial charge in [0, 0.05) is 6.54 Å². The lowest BCUT2D eigenvalue weighted by atomic mass is 10.1. The van der Waals surface area contributed by atoms with Gasteiger partial charge in [-0.3, -0.25) is 0 Å². The first-order valence-electron chi connectivity index (χ1n) is 6.37. The molecule has 2 nitrogen and oxygen atoms in total. The van der Waals surface area contributed by atoms with E-state index in [-0.39, 0.29) is 5.82 Å². The number of hydrogen-bond donors (Lipinski definition) is 1. The largest absolute Gasteiger partial charge is 0.331 e. The van der Waals surface area contributed by atoms with Gasteiger partial charge in [-0.2, -0.15) is 0 Å². The van der Waals surface area contributed by atoms with Crippen LogP contribution in [0.4, 0.5) is 4.39 Å². The molecule has 0 atom stereocenters. The lowest BCUT2D eigenvalue weighted by Crippen LogP contribution is -2.02. The van der Waals surface area contributed by atoms with Crippen LogP contribution in [-0.2, 0) is 13.0 Å². The van der Waals surface area contributed by atoms with Crippen molar-refractivity contribution < 1.29 is 4.39 Å². The average molecular weight is 341 g/mol. The first kappa shape index (κ1) is 14.6. The van der Waals surface area contributed by atoms with Gasteiger partial charge in [-0.1, -0.05) is 41.4 Å². The molecule has 0 fully saturated rings. The van der Waals surface area contributed by atoms with E-state index in [0.717, 1.165) is 11.0 Å². The molecule has 0 unspecified atom stereocenters. The first-order chi connectivity index (χ1) is 10.1. The molecule has 21 heavy (non-hydrogen) atoms. The van der Waals surface area contributed by atoms with Crippen molar-refractivity contribution in [2.45, 2.75) is 13.0 Å². The summed E-state index contributed by atoms with van der Waals surface area (Å²) >= 11 is 17.4. The highest BCUT2D eigenvalue weighted by Gasteiger charge is 2.09. The summed E-state index contributed by atoms with van der Waals surface area (Å²) in [6, 6.07) is 10.3. The van der Waals surface area contributed by atoms with E-state index < -0.39 is 0 Å². The van der Waals surface area contributed by atoms with Crippen molar-refractivity contribution in [3.63, 3.8) is 0 Å². The second-order valence-electron chi connectivity index (χ2n) is 4.71. The first-order valence-corrected chi connectivity index (χ1v) is 7.53. The van der Waals surface area contributed by atoms with Gasteiger partial charge in [-0.05, 0) is 42.4 Å². The molecule has 1 heterocycles. The summed E-state index contributed by atoms with van der Waals surface area (Å²) in [5, 5.41) is 0.944. The minimum atomic E-state index is -0.204. The minimum absolute atomic E-state index is 0.204. The zero-order chi connectivity index (χ0) is 15.0. The smallest absolute Gasteiger partial charge is 0.178 e. The Morgan fingerprint density at radius 2 is 1.86 bits per heavy atom. The Labute approximate surface area is 136 Å². The maximum Gasteiger partial charge on any atom is 0.178 e. The molecule has 3 aromatic rings. The van der Waals surface area contributed by atoms with Crippen LogP contribution in [0, 0.1) is 10.6 Å². The highest BCUT2D eigenvalue weighted by molar-refractivity contribution is 7.71. The van der Waals surface area contributed by atoms with E-state index in [9.17, 15) is 4.39 Å². The zero-order valence-corrected chi connectivity index (χ0v) is 13.2. The summed E-state index contributed by atoms with van der Waals surface area (Å²) in [6.07, 6.45) is 0.550. The molecule has 6 heteroatoms. The fourth-order valence-corrected chi connectivity index (χ4v) is 2.93. The summed E-state index contributed by atoms with van der Waals surface area (Å²) in [4.78, 5) is 3.09. The maximum absolute atomic E-state index is 13.7. The van der Waals surface area contributed by atoms with Gasteiger partial charge in [0.05, 0.1) is 21.1 Å². The predicted octanol–water partition coefficient (Wildman–Crippen LogP) is 5.39. The third-order valence-corrected chi connectivity index (χ3v) is 4.42. The molecule has 1 N–H and O–H groups in total. The number of halogens is 3. The van der Waals surface area contributed by atoms with Crippen LogP contribution in [0.2, 0.25) is 10.0 Å². The van der Waals surface area contributed by atoms with E-state index in [1.54, 1.807) is 24.3 Å². The number of nitrogens with zero attached hydrogens (tertiary/aromatic N) is 1. The highest BCUT2D eigenvalue weighted by atomic mass is 35.5. The molecule has 1 aromatic heterocycles. The van der Waals surface area contributed by atoms with Crippen molar-refractivity contribution in [3.8, 4) is 0 Å². The third kappa shape index (κ3) is 2.84. The van der Waals surface area contributed by atoms with Gasteiger partial charge in [-0.25, -0.2) is 4.39 Å². The fourth-order valence-electron chi connectivity index (χ4n) is 2.31. The van der Waals surface area contributed by atoms with Gasteiger partial charge < -0.3 is 9.55 Å². The zero-order valence-electron chi connectivity index (χ0n) is 10.9. The molecule has 108 valence electrons. The monoisotopic (exact) mass is 340 g/mol. The summed E-state index contributed by atoms with van der Waals surface area (Å²) in [5.41, 5.74) is 2.35. The Morgan fingerprint density at radius 3 is 2.62 bits per heavy atom. The molecular weight excluding hydrogens is 330 g/mol. The molecule has 0 spiro atoms. The Bertz CT molecular complexity index is 870. The lowest BCUT2D eigenvalue weighted by molar-refractivity contribution is 0.595. The van der Waals surface area contributed by atoms with Crippen LogP contribution in [0.25, 0.3) is 11.0 Å². The van der Waals surface area contributed by atoms with E-state index >= 15 is 0 Å². The molecule has 2 aromatic carbocycles. The van der Waals surface area contributed by atoms with Crippen LogP contribution in [0.1, 0.15) is 5.56 Å². The Kier molecular flexibility index (Phi) is 4.02. The van der Waals surface area contributed by atoms with Crippen molar-refractivity contribution in [3.05, 3.63) is 62.6 Å². The van der Waals surface area contributed by atoms with Crippen LogP contribution < -0.4 is 0 Å². The number of rotatable bonds is 3. The fraction of sp³-hybridized carbons (Fsp3) is 0.133. The number of fused-ring (bicyclic) bond motifs is 1. The van der Waals surface area contributed by atoms with Crippen LogP contribution in [-0.4, -0.2) is 9.55 Å². The quantitative estimate of drug-likeness (QED) is 0.634. The van der Waals surface area contributed by atoms with E-state index in [2.05, 4.69) is 4.98 Å². The number of aromatic amines is 1. The summed E-state index contributed by atoms with van der Waals surface area (Å²) < 4.78 is 16.1. The molecule has 0 saturated heterocycles. The number of nitrogens with one attached hydrogen (secondary N) is 1. The van der Waals surface area contributed by atoms with Gasteiger partial charge in [0.25, 0.3) is 0 Å². The summed E-state index contributed by atoms with van der Waals surface area (Å²) in [7, 11) is 0. The third-order valence-electron chi connectivity index (χ3n) is 3.38.